The molecule has 0 unspecified atom stereocenters. The first kappa shape index (κ1) is 14.5. The van der Waals surface area contributed by atoms with E-state index in [0.717, 1.165) is 19.5 Å². The lowest BCUT2D eigenvalue weighted by Crippen LogP contribution is -2.32. The third-order valence-corrected chi connectivity index (χ3v) is 2.48. The summed E-state index contributed by atoms with van der Waals surface area (Å²) in [5.74, 6) is 0.523. The molecule has 3 N–H and O–H groups in total. The van der Waals surface area contributed by atoms with E-state index >= 15 is 0 Å². The molecule has 0 aliphatic heterocycles. The molecule has 0 aliphatic rings. The Labute approximate surface area is 110 Å². The topological polar surface area (TPSA) is 53.6 Å². The minimum atomic E-state index is 0.523. The van der Waals surface area contributed by atoms with Crippen molar-refractivity contribution in [1.82, 2.24) is 10.2 Å². The number of guanidine groups is 1. The third kappa shape index (κ3) is 5.68. The van der Waals surface area contributed by atoms with Gasteiger partial charge in [-0.05, 0) is 31.6 Å². The fraction of sp³-hybridized carbons (Fsp3) is 0.500. The summed E-state index contributed by atoms with van der Waals surface area (Å²) in [5, 5.41) is 3.07. The van der Waals surface area contributed by atoms with Crippen LogP contribution in [0.4, 0.5) is 0 Å². The van der Waals surface area contributed by atoms with Crippen molar-refractivity contribution >= 4 is 5.96 Å². The zero-order valence-corrected chi connectivity index (χ0v) is 11.6. The average Bonchev–Trinajstić information content (AvgIpc) is 2.33. The number of benzene rings is 1. The van der Waals surface area contributed by atoms with Gasteiger partial charge in [-0.15, -0.1) is 0 Å². The van der Waals surface area contributed by atoms with E-state index in [1.165, 1.54) is 11.1 Å². The van der Waals surface area contributed by atoms with Crippen LogP contribution >= 0.6 is 0 Å². The highest BCUT2D eigenvalue weighted by molar-refractivity contribution is 5.77. The summed E-state index contributed by atoms with van der Waals surface area (Å²) >= 11 is 0. The van der Waals surface area contributed by atoms with Gasteiger partial charge in [0.2, 0.25) is 0 Å². The van der Waals surface area contributed by atoms with Crippen LogP contribution in [0.3, 0.4) is 0 Å². The van der Waals surface area contributed by atoms with Crippen molar-refractivity contribution in [3.8, 4) is 0 Å². The first-order valence-corrected chi connectivity index (χ1v) is 6.38. The van der Waals surface area contributed by atoms with E-state index in [4.69, 9.17) is 5.73 Å². The zero-order chi connectivity index (χ0) is 13.4. The quantitative estimate of drug-likeness (QED) is 0.593. The molecular formula is C14H24N4. The summed E-state index contributed by atoms with van der Waals surface area (Å²) in [6.07, 6.45) is 1.05. The molecule has 0 radical (unpaired) electrons. The summed E-state index contributed by atoms with van der Waals surface area (Å²) in [7, 11) is 4.13. The van der Waals surface area contributed by atoms with E-state index < -0.39 is 0 Å². The van der Waals surface area contributed by atoms with Gasteiger partial charge in [0, 0.05) is 13.1 Å². The number of hydrogen-bond acceptors (Lipinski definition) is 2. The molecule has 4 heteroatoms. The van der Waals surface area contributed by atoms with Crippen LogP contribution in [-0.4, -0.2) is 31.5 Å². The van der Waals surface area contributed by atoms with Gasteiger partial charge in [-0.2, -0.15) is 0 Å². The Balaban J connectivity index is 2.56. The van der Waals surface area contributed by atoms with Gasteiger partial charge in [0.15, 0.2) is 5.96 Å². The fourth-order valence-electron chi connectivity index (χ4n) is 1.68. The molecule has 0 fully saturated rings. The van der Waals surface area contributed by atoms with Crippen LogP contribution in [0.2, 0.25) is 0 Å². The van der Waals surface area contributed by atoms with E-state index in [2.05, 4.69) is 60.5 Å². The van der Waals surface area contributed by atoms with E-state index in [9.17, 15) is 0 Å². The minimum Gasteiger partial charge on any atom is -0.370 e. The van der Waals surface area contributed by atoms with Gasteiger partial charge < -0.3 is 16.0 Å². The summed E-state index contributed by atoms with van der Waals surface area (Å²) < 4.78 is 0. The normalized spacial score (nSPS) is 11.9. The van der Waals surface area contributed by atoms with Gasteiger partial charge >= 0.3 is 0 Å². The van der Waals surface area contributed by atoms with Crippen LogP contribution < -0.4 is 11.1 Å². The number of aliphatic imine (C=N–C) groups is 1. The van der Waals surface area contributed by atoms with Crippen molar-refractivity contribution in [2.45, 2.75) is 26.4 Å². The number of hydrogen-bond donors (Lipinski definition) is 2. The first-order chi connectivity index (χ1) is 8.61. The second-order valence-corrected chi connectivity index (χ2v) is 4.69. The smallest absolute Gasteiger partial charge is 0.188 e. The third-order valence-electron chi connectivity index (χ3n) is 2.48. The van der Waals surface area contributed by atoms with Gasteiger partial charge in [-0.3, -0.25) is 0 Å². The predicted octanol–water partition coefficient (Wildman–Crippen LogP) is 1.56. The molecule has 0 aromatic heterocycles. The molecule has 0 aliphatic carbocycles. The second-order valence-electron chi connectivity index (χ2n) is 4.69. The molecule has 0 saturated heterocycles. The Morgan fingerprint density at radius 2 is 2.06 bits per heavy atom. The van der Waals surface area contributed by atoms with E-state index in [0.29, 0.717) is 12.5 Å². The van der Waals surface area contributed by atoms with Crippen LogP contribution in [0.15, 0.2) is 29.3 Å². The van der Waals surface area contributed by atoms with Gasteiger partial charge in [0.1, 0.15) is 0 Å². The molecule has 0 spiro atoms. The summed E-state index contributed by atoms with van der Waals surface area (Å²) in [5.41, 5.74) is 8.25. The van der Waals surface area contributed by atoms with Crippen LogP contribution in [-0.2, 0) is 13.1 Å². The molecule has 0 heterocycles. The Bertz CT molecular complexity index is 385. The maximum absolute atomic E-state index is 5.76. The number of nitrogens with one attached hydrogen (secondary N) is 1. The highest BCUT2D eigenvalue weighted by Gasteiger charge is 1.98. The highest BCUT2D eigenvalue weighted by atomic mass is 15.1. The van der Waals surface area contributed by atoms with Gasteiger partial charge in [-0.25, -0.2) is 4.99 Å². The summed E-state index contributed by atoms with van der Waals surface area (Å²) in [6.45, 7) is 4.55. The maximum Gasteiger partial charge on any atom is 0.188 e. The predicted molar refractivity (Wildman–Crippen MR) is 77.5 cm³/mol. The van der Waals surface area contributed by atoms with Crippen molar-refractivity contribution < 1.29 is 0 Å². The lowest BCUT2D eigenvalue weighted by atomic mass is 10.1. The van der Waals surface area contributed by atoms with Gasteiger partial charge in [-0.1, -0.05) is 31.2 Å². The van der Waals surface area contributed by atoms with Crippen LogP contribution in [0, 0.1) is 0 Å². The van der Waals surface area contributed by atoms with Crippen molar-refractivity contribution in [1.29, 1.82) is 0 Å². The molecule has 1 aromatic carbocycles. The molecule has 1 aromatic rings. The van der Waals surface area contributed by atoms with Crippen molar-refractivity contribution in [2.75, 3.05) is 20.6 Å². The van der Waals surface area contributed by atoms with E-state index in [1.54, 1.807) is 0 Å². The second kappa shape index (κ2) is 7.71. The average molecular weight is 248 g/mol. The minimum absolute atomic E-state index is 0.523. The molecule has 0 amide bonds. The number of nitrogens with zero attached hydrogens (tertiary/aromatic N) is 2. The standard InChI is InChI=1S/C14H24N4/c1-4-8-16-14(15)17-10-12-6-5-7-13(9-12)11-18(2)3/h5-7,9H,4,8,10-11H2,1-3H3,(H3,15,16,17). The van der Waals surface area contributed by atoms with Gasteiger partial charge in [0.05, 0.1) is 6.54 Å². The Hall–Kier alpha value is -1.55. The zero-order valence-electron chi connectivity index (χ0n) is 11.6. The number of nitrogens with two attached hydrogens (primary N) is 1. The molecule has 18 heavy (non-hydrogen) atoms. The summed E-state index contributed by atoms with van der Waals surface area (Å²) in [4.78, 5) is 6.47. The monoisotopic (exact) mass is 248 g/mol. The number of rotatable bonds is 6. The molecule has 4 nitrogen and oxygen atoms in total. The Morgan fingerprint density at radius 3 is 2.72 bits per heavy atom. The molecule has 0 atom stereocenters. The van der Waals surface area contributed by atoms with Crippen LogP contribution in [0.1, 0.15) is 24.5 Å². The summed E-state index contributed by atoms with van der Waals surface area (Å²) in [6, 6.07) is 8.46. The Kier molecular flexibility index (Phi) is 6.22. The van der Waals surface area contributed by atoms with Crippen LogP contribution in [0.25, 0.3) is 0 Å². The van der Waals surface area contributed by atoms with Crippen molar-refractivity contribution in [3.63, 3.8) is 0 Å². The molecule has 1 rings (SSSR count). The Morgan fingerprint density at radius 1 is 1.33 bits per heavy atom. The van der Waals surface area contributed by atoms with Gasteiger partial charge in [0.25, 0.3) is 0 Å². The van der Waals surface area contributed by atoms with Crippen molar-refractivity contribution in [3.05, 3.63) is 35.4 Å². The van der Waals surface area contributed by atoms with Crippen LogP contribution in [0.5, 0.6) is 0 Å². The largest absolute Gasteiger partial charge is 0.370 e. The highest BCUT2D eigenvalue weighted by Crippen LogP contribution is 2.08. The SMILES string of the molecule is CCCNC(N)=NCc1cccc(CN(C)C)c1. The molecule has 100 valence electrons. The lowest BCUT2D eigenvalue weighted by molar-refractivity contribution is 0.402. The fourth-order valence-corrected chi connectivity index (χ4v) is 1.68. The molecule has 0 bridgehead atoms. The maximum atomic E-state index is 5.76. The van der Waals surface area contributed by atoms with E-state index in [1.807, 2.05) is 0 Å². The van der Waals surface area contributed by atoms with Crippen molar-refractivity contribution in [2.24, 2.45) is 10.7 Å². The van der Waals surface area contributed by atoms with E-state index in [-0.39, 0.29) is 0 Å². The lowest BCUT2D eigenvalue weighted by Gasteiger charge is -2.10. The molecular weight excluding hydrogens is 224 g/mol. The first-order valence-electron chi connectivity index (χ1n) is 6.38. The molecule has 0 saturated carbocycles.